The number of benzene rings is 1. The molecule has 1 aromatic heterocycles. The molecule has 2 aliphatic rings. The first-order chi connectivity index (χ1) is 12.6. The number of fused-ring (bicyclic) bond motifs is 3. The van der Waals surface area contributed by atoms with Crippen LogP contribution in [-0.2, 0) is 16.0 Å². The fourth-order valence-corrected chi connectivity index (χ4v) is 2.99. The van der Waals surface area contributed by atoms with Gasteiger partial charge in [0, 0.05) is 18.8 Å². The van der Waals surface area contributed by atoms with Gasteiger partial charge in [-0.3, -0.25) is 9.36 Å². The Morgan fingerprint density at radius 3 is 2.92 bits per heavy atom. The Labute approximate surface area is 148 Å². The number of ether oxygens (including phenoxy) is 3. The van der Waals surface area contributed by atoms with Crippen LogP contribution in [0, 0.1) is 0 Å². The zero-order chi connectivity index (χ0) is 18.1. The van der Waals surface area contributed by atoms with Gasteiger partial charge in [0.1, 0.15) is 18.8 Å². The lowest BCUT2D eigenvalue weighted by molar-refractivity contribution is -0.0467. The Hall–Kier alpha value is -2.91. The summed E-state index contributed by atoms with van der Waals surface area (Å²) >= 11 is 0. The number of carbonyl (C=O) groups is 1. The van der Waals surface area contributed by atoms with E-state index in [1.807, 2.05) is 30.3 Å². The van der Waals surface area contributed by atoms with E-state index in [1.165, 1.54) is 16.8 Å². The van der Waals surface area contributed by atoms with E-state index in [9.17, 15) is 14.7 Å². The highest BCUT2D eigenvalue weighted by molar-refractivity contribution is 5.67. The van der Waals surface area contributed by atoms with Gasteiger partial charge in [-0.25, -0.2) is 4.79 Å². The number of nitrogens with one attached hydrogen (secondary N) is 1. The van der Waals surface area contributed by atoms with Gasteiger partial charge in [-0.2, -0.15) is 4.98 Å². The minimum absolute atomic E-state index is 0.103. The van der Waals surface area contributed by atoms with E-state index in [2.05, 4.69) is 10.3 Å². The predicted octanol–water partition coefficient (Wildman–Crippen LogP) is 0.189. The average molecular weight is 359 g/mol. The minimum atomic E-state index is -1.02. The van der Waals surface area contributed by atoms with Gasteiger partial charge in [0.15, 0.2) is 12.3 Å². The van der Waals surface area contributed by atoms with Crippen molar-refractivity contribution in [1.29, 1.82) is 0 Å². The second-order valence-corrected chi connectivity index (χ2v) is 6.03. The van der Waals surface area contributed by atoms with Crippen molar-refractivity contribution in [3.63, 3.8) is 0 Å². The highest BCUT2D eigenvalue weighted by Gasteiger charge is 2.51. The van der Waals surface area contributed by atoms with Crippen LogP contribution in [0.1, 0.15) is 11.8 Å². The lowest BCUT2D eigenvalue weighted by Crippen LogP contribution is -2.37. The first kappa shape index (κ1) is 16.6. The molecule has 0 radical (unpaired) electrons. The van der Waals surface area contributed by atoms with Gasteiger partial charge >= 0.3 is 12.1 Å². The number of alkyl carbamates (subject to hydrolysis) is 1. The minimum Gasteiger partial charge on any atom is -0.453 e. The molecule has 3 heterocycles. The molecule has 0 bridgehead atoms. The number of aliphatic hydroxyl groups excluding tert-OH is 1. The molecule has 1 amide bonds. The highest BCUT2D eigenvalue weighted by atomic mass is 16.6. The van der Waals surface area contributed by atoms with Crippen molar-refractivity contribution in [2.24, 2.45) is 0 Å². The lowest BCUT2D eigenvalue weighted by atomic mass is 10.1. The number of aromatic nitrogens is 2. The maximum absolute atomic E-state index is 11.8. The van der Waals surface area contributed by atoms with Crippen LogP contribution in [0.2, 0.25) is 0 Å². The fraction of sp³-hybridized carbons (Fsp3) is 0.353. The Kier molecular flexibility index (Phi) is 4.31. The van der Waals surface area contributed by atoms with Crippen LogP contribution in [0.3, 0.4) is 0 Å². The van der Waals surface area contributed by atoms with Gasteiger partial charge in [-0.1, -0.05) is 30.3 Å². The van der Waals surface area contributed by atoms with E-state index < -0.39 is 36.2 Å². The largest absolute Gasteiger partial charge is 0.453 e. The summed E-state index contributed by atoms with van der Waals surface area (Å²) in [5, 5.41) is 13.0. The summed E-state index contributed by atoms with van der Waals surface area (Å²) in [6, 6.07) is 10.8. The molecule has 2 N–H and O–H groups in total. The van der Waals surface area contributed by atoms with Crippen LogP contribution in [0.4, 0.5) is 4.79 Å². The first-order valence-corrected chi connectivity index (χ1v) is 8.16. The molecule has 1 aromatic carbocycles. The molecule has 0 unspecified atom stereocenters. The molecular formula is C17H17N3O6. The van der Waals surface area contributed by atoms with Gasteiger partial charge in [-0.05, 0) is 5.56 Å². The van der Waals surface area contributed by atoms with E-state index in [0.717, 1.165) is 5.56 Å². The summed E-state index contributed by atoms with van der Waals surface area (Å²) < 4.78 is 17.9. The lowest BCUT2D eigenvalue weighted by Gasteiger charge is -2.17. The molecule has 2 aromatic rings. The number of carbonyl (C=O) groups excluding carboxylic acids is 1. The van der Waals surface area contributed by atoms with Crippen LogP contribution in [0.15, 0.2) is 47.4 Å². The molecule has 136 valence electrons. The third-order valence-corrected chi connectivity index (χ3v) is 4.29. The number of rotatable bonds is 4. The molecule has 1 saturated heterocycles. The quantitative estimate of drug-likeness (QED) is 0.801. The van der Waals surface area contributed by atoms with Crippen molar-refractivity contribution >= 4 is 6.09 Å². The predicted molar refractivity (Wildman–Crippen MR) is 87.5 cm³/mol. The Morgan fingerprint density at radius 2 is 2.12 bits per heavy atom. The third kappa shape index (κ3) is 3.14. The van der Waals surface area contributed by atoms with Crippen molar-refractivity contribution in [3.8, 4) is 6.01 Å². The average Bonchev–Trinajstić information content (AvgIpc) is 3.15. The SMILES string of the molecule is O=C(NCc1ccccc1)OC[C@H]1O[C@@H]2[C@@H](Oc3nc(=O)ccn32)[C@@H]1O. The molecule has 0 spiro atoms. The summed E-state index contributed by atoms with van der Waals surface area (Å²) in [5.41, 5.74) is 0.517. The second-order valence-electron chi connectivity index (χ2n) is 6.03. The highest BCUT2D eigenvalue weighted by Crippen LogP contribution is 2.38. The third-order valence-electron chi connectivity index (χ3n) is 4.29. The van der Waals surface area contributed by atoms with E-state index >= 15 is 0 Å². The molecule has 0 aliphatic carbocycles. The monoisotopic (exact) mass is 359 g/mol. The van der Waals surface area contributed by atoms with Crippen LogP contribution in [0.5, 0.6) is 6.01 Å². The van der Waals surface area contributed by atoms with Gasteiger partial charge in [0.05, 0.1) is 0 Å². The molecule has 26 heavy (non-hydrogen) atoms. The van der Waals surface area contributed by atoms with Crippen LogP contribution in [-0.4, -0.2) is 45.7 Å². The van der Waals surface area contributed by atoms with Crippen molar-refractivity contribution in [1.82, 2.24) is 14.9 Å². The molecule has 9 heteroatoms. The number of nitrogens with zero attached hydrogens (tertiary/aromatic N) is 2. The molecule has 9 nitrogen and oxygen atoms in total. The molecule has 1 fully saturated rings. The molecule has 4 atom stereocenters. The number of aliphatic hydroxyl groups is 1. The fourth-order valence-electron chi connectivity index (χ4n) is 2.99. The van der Waals surface area contributed by atoms with E-state index in [0.29, 0.717) is 6.54 Å². The number of hydrogen-bond donors (Lipinski definition) is 2. The summed E-state index contributed by atoms with van der Waals surface area (Å²) in [6.45, 7) is 0.218. The van der Waals surface area contributed by atoms with Crippen LogP contribution >= 0.6 is 0 Å². The van der Waals surface area contributed by atoms with Crippen molar-refractivity contribution in [2.45, 2.75) is 31.1 Å². The number of amides is 1. The zero-order valence-corrected chi connectivity index (χ0v) is 13.6. The van der Waals surface area contributed by atoms with E-state index in [4.69, 9.17) is 14.2 Å². The summed E-state index contributed by atoms with van der Waals surface area (Å²) in [6.07, 6.45) is -2.18. The van der Waals surface area contributed by atoms with Crippen molar-refractivity contribution in [2.75, 3.05) is 6.61 Å². The zero-order valence-electron chi connectivity index (χ0n) is 13.6. The van der Waals surface area contributed by atoms with Gasteiger partial charge in [-0.15, -0.1) is 0 Å². The summed E-state index contributed by atoms with van der Waals surface area (Å²) in [7, 11) is 0. The number of hydrogen-bond acceptors (Lipinski definition) is 7. The smallest absolute Gasteiger partial charge is 0.407 e. The Balaban J connectivity index is 1.31. The van der Waals surface area contributed by atoms with E-state index in [-0.39, 0.29) is 12.6 Å². The normalized spacial score (nSPS) is 25.9. The van der Waals surface area contributed by atoms with Crippen molar-refractivity contribution in [3.05, 3.63) is 58.5 Å². The van der Waals surface area contributed by atoms with Gasteiger partial charge < -0.3 is 24.6 Å². The summed E-state index contributed by atoms with van der Waals surface area (Å²) in [4.78, 5) is 26.8. The standard InChI is InChI=1S/C17H17N3O6/c21-12-6-7-20-15-14(26-16(20)19-12)13(22)11(25-15)9-24-17(23)18-8-10-4-2-1-3-5-10/h1-7,11,13-15,22H,8-9H2,(H,18,23)/t11-,13-,14+,15-/m1/s1. The Morgan fingerprint density at radius 1 is 1.31 bits per heavy atom. The van der Waals surface area contributed by atoms with Crippen molar-refractivity contribution < 1.29 is 24.1 Å². The maximum Gasteiger partial charge on any atom is 0.407 e. The molecule has 0 saturated carbocycles. The Bertz CT molecular complexity index is 855. The maximum atomic E-state index is 11.8. The second kappa shape index (κ2) is 6.77. The van der Waals surface area contributed by atoms with Crippen LogP contribution in [0.25, 0.3) is 0 Å². The van der Waals surface area contributed by atoms with Crippen LogP contribution < -0.4 is 15.6 Å². The topological polar surface area (TPSA) is 112 Å². The van der Waals surface area contributed by atoms with Gasteiger partial charge in [0.25, 0.3) is 5.56 Å². The van der Waals surface area contributed by atoms with Gasteiger partial charge in [0.2, 0.25) is 0 Å². The summed E-state index contributed by atoms with van der Waals surface area (Å²) in [5.74, 6) is 0. The molecule has 2 aliphatic heterocycles. The molecule has 4 rings (SSSR count). The first-order valence-electron chi connectivity index (χ1n) is 8.16. The molecular weight excluding hydrogens is 342 g/mol. The van der Waals surface area contributed by atoms with E-state index in [1.54, 1.807) is 0 Å².